The third-order valence-electron chi connectivity index (χ3n) is 3.63. The van der Waals surface area contributed by atoms with Crippen molar-refractivity contribution in [3.63, 3.8) is 0 Å². The van der Waals surface area contributed by atoms with Crippen molar-refractivity contribution in [1.29, 1.82) is 0 Å². The van der Waals surface area contributed by atoms with Gasteiger partial charge in [0.2, 0.25) is 0 Å². The Balaban J connectivity index is 1.97. The lowest BCUT2D eigenvalue weighted by Gasteiger charge is -2.12. The normalized spacial score (nSPS) is 10.6. The van der Waals surface area contributed by atoms with E-state index >= 15 is 0 Å². The monoisotopic (exact) mass is 360 g/mol. The van der Waals surface area contributed by atoms with E-state index in [4.69, 9.17) is 21.1 Å². The van der Waals surface area contributed by atoms with Gasteiger partial charge in [0.15, 0.2) is 0 Å². The highest BCUT2D eigenvalue weighted by Crippen LogP contribution is 2.30. The van der Waals surface area contributed by atoms with Gasteiger partial charge in [0.25, 0.3) is 5.91 Å². The molecule has 0 radical (unpaired) electrons. The number of carbonyl (C=O) groups excluding carboxylic acids is 1. The number of anilines is 1. The summed E-state index contributed by atoms with van der Waals surface area (Å²) in [5.74, 6) is 0.153. The fraction of sp³-hybridized carbons (Fsp3) is 0.111. The topological polar surface area (TPSA) is 60.5 Å². The molecule has 0 aliphatic carbocycles. The molecule has 3 rings (SSSR count). The maximum absolute atomic E-state index is 13.3. The molecule has 0 unspecified atom stereocenters. The predicted molar refractivity (Wildman–Crippen MR) is 94.2 cm³/mol. The Morgan fingerprint density at radius 3 is 2.64 bits per heavy atom. The molecule has 1 amide bonds. The number of rotatable bonds is 4. The second kappa shape index (κ2) is 6.94. The number of ether oxygens (including phenoxy) is 2. The van der Waals surface area contributed by atoms with Crippen LogP contribution in [0.15, 0.2) is 42.5 Å². The van der Waals surface area contributed by atoms with Gasteiger partial charge >= 0.3 is 0 Å². The first kappa shape index (κ1) is 17.0. The quantitative estimate of drug-likeness (QED) is 0.705. The number of amides is 1. The van der Waals surface area contributed by atoms with Crippen LogP contribution in [-0.4, -0.2) is 25.1 Å². The van der Waals surface area contributed by atoms with Crippen molar-refractivity contribution in [1.82, 2.24) is 4.98 Å². The fourth-order valence-corrected chi connectivity index (χ4v) is 2.61. The highest BCUT2D eigenvalue weighted by molar-refractivity contribution is 6.33. The molecule has 2 aromatic carbocycles. The van der Waals surface area contributed by atoms with Gasteiger partial charge in [-0.3, -0.25) is 4.79 Å². The molecule has 0 fully saturated rings. The Morgan fingerprint density at radius 2 is 1.92 bits per heavy atom. The minimum Gasteiger partial charge on any atom is -0.497 e. The summed E-state index contributed by atoms with van der Waals surface area (Å²) in [6, 6.07) is 10.7. The zero-order valence-electron chi connectivity index (χ0n) is 13.5. The molecule has 0 bridgehead atoms. The average molecular weight is 361 g/mol. The number of methoxy groups -OCH3 is 2. The summed E-state index contributed by atoms with van der Waals surface area (Å²) in [5.41, 5.74) is 0.980. The molecule has 0 atom stereocenters. The number of carbonyl (C=O) groups is 1. The van der Waals surface area contributed by atoms with Crippen LogP contribution in [0.1, 0.15) is 10.4 Å². The Kier molecular flexibility index (Phi) is 4.72. The third-order valence-corrected chi connectivity index (χ3v) is 3.92. The van der Waals surface area contributed by atoms with Crippen LogP contribution >= 0.6 is 11.6 Å². The van der Waals surface area contributed by atoms with Crippen molar-refractivity contribution in [2.75, 3.05) is 19.5 Å². The molecule has 0 spiro atoms. The number of benzene rings is 2. The molecule has 0 aliphatic heterocycles. The van der Waals surface area contributed by atoms with Gasteiger partial charge in [-0.15, -0.1) is 0 Å². The van der Waals surface area contributed by atoms with Crippen LogP contribution in [0.25, 0.3) is 10.9 Å². The van der Waals surface area contributed by atoms with E-state index in [1.165, 1.54) is 32.4 Å². The molecule has 0 saturated carbocycles. The summed E-state index contributed by atoms with van der Waals surface area (Å²) in [6.07, 6.45) is 0. The first-order valence-electron chi connectivity index (χ1n) is 7.31. The SMILES string of the molecule is COc1ccc(OC)c(NC(=O)c2cc3ccc(F)cc3nc2Cl)c1. The lowest BCUT2D eigenvalue weighted by molar-refractivity contribution is 0.102. The highest BCUT2D eigenvalue weighted by Gasteiger charge is 2.16. The van der Waals surface area contributed by atoms with E-state index in [1.807, 2.05) is 0 Å². The Labute approximate surface area is 148 Å². The smallest absolute Gasteiger partial charge is 0.258 e. The number of halogens is 2. The molecular weight excluding hydrogens is 347 g/mol. The van der Waals surface area contributed by atoms with Gasteiger partial charge in [0.05, 0.1) is 31.0 Å². The van der Waals surface area contributed by atoms with Gasteiger partial charge in [0.1, 0.15) is 22.5 Å². The molecule has 7 heteroatoms. The summed E-state index contributed by atoms with van der Waals surface area (Å²) in [7, 11) is 3.02. The van der Waals surface area contributed by atoms with E-state index in [0.29, 0.717) is 28.1 Å². The summed E-state index contributed by atoms with van der Waals surface area (Å²) in [6.45, 7) is 0. The minimum atomic E-state index is -0.463. The van der Waals surface area contributed by atoms with Crippen molar-refractivity contribution < 1.29 is 18.7 Å². The van der Waals surface area contributed by atoms with Gasteiger partial charge < -0.3 is 14.8 Å². The van der Waals surface area contributed by atoms with Gasteiger partial charge in [-0.05, 0) is 30.3 Å². The third kappa shape index (κ3) is 3.49. The largest absolute Gasteiger partial charge is 0.497 e. The zero-order chi connectivity index (χ0) is 18.0. The predicted octanol–water partition coefficient (Wildman–Crippen LogP) is 4.30. The van der Waals surface area contributed by atoms with Crippen LogP contribution in [0.4, 0.5) is 10.1 Å². The number of fused-ring (bicyclic) bond motifs is 1. The first-order valence-corrected chi connectivity index (χ1v) is 7.69. The van der Waals surface area contributed by atoms with Crippen LogP contribution in [-0.2, 0) is 0 Å². The van der Waals surface area contributed by atoms with E-state index in [1.54, 1.807) is 24.3 Å². The molecule has 0 aliphatic rings. The molecule has 5 nitrogen and oxygen atoms in total. The number of aromatic nitrogens is 1. The van der Waals surface area contributed by atoms with Crippen LogP contribution < -0.4 is 14.8 Å². The zero-order valence-corrected chi connectivity index (χ0v) is 14.2. The van der Waals surface area contributed by atoms with E-state index < -0.39 is 11.7 Å². The van der Waals surface area contributed by atoms with Crippen molar-refractivity contribution in [3.8, 4) is 11.5 Å². The van der Waals surface area contributed by atoms with Gasteiger partial charge in [-0.25, -0.2) is 9.37 Å². The molecule has 0 saturated heterocycles. The Hall–Kier alpha value is -2.86. The summed E-state index contributed by atoms with van der Waals surface area (Å²) >= 11 is 6.10. The number of pyridine rings is 1. The first-order chi connectivity index (χ1) is 12.0. The summed E-state index contributed by atoms with van der Waals surface area (Å²) in [4.78, 5) is 16.7. The second-order valence-corrected chi connectivity index (χ2v) is 5.54. The van der Waals surface area contributed by atoms with Gasteiger partial charge in [0, 0.05) is 17.5 Å². The van der Waals surface area contributed by atoms with Crippen LogP contribution in [0.3, 0.4) is 0 Å². The number of nitrogens with zero attached hydrogens (tertiary/aromatic N) is 1. The Bertz CT molecular complexity index is 962. The Morgan fingerprint density at radius 1 is 1.12 bits per heavy atom. The van der Waals surface area contributed by atoms with Crippen LogP contribution in [0.5, 0.6) is 11.5 Å². The fourth-order valence-electron chi connectivity index (χ4n) is 2.38. The number of nitrogens with one attached hydrogen (secondary N) is 1. The van der Waals surface area contributed by atoms with E-state index in [2.05, 4.69) is 10.3 Å². The molecule has 1 heterocycles. The van der Waals surface area contributed by atoms with Crippen molar-refractivity contribution in [3.05, 3.63) is 59.0 Å². The van der Waals surface area contributed by atoms with Crippen molar-refractivity contribution in [2.24, 2.45) is 0 Å². The van der Waals surface area contributed by atoms with Crippen molar-refractivity contribution in [2.45, 2.75) is 0 Å². The minimum absolute atomic E-state index is 0.0162. The standard InChI is InChI=1S/C18H14ClFN2O3/c1-24-12-5-6-16(25-2)15(9-12)22-18(23)13-7-10-3-4-11(20)8-14(10)21-17(13)19/h3-9H,1-2H3,(H,22,23). The maximum Gasteiger partial charge on any atom is 0.258 e. The lowest BCUT2D eigenvalue weighted by atomic mass is 10.1. The van der Waals surface area contributed by atoms with Crippen molar-refractivity contribution >= 4 is 34.1 Å². The molecule has 128 valence electrons. The second-order valence-electron chi connectivity index (χ2n) is 5.18. The van der Waals surface area contributed by atoms with Crippen LogP contribution in [0.2, 0.25) is 5.15 Å². The number of hydrogen-bond donors (Lipinski definition) is 1. The molecule has 3 aromatic rings. The maximum atomic E-state index is 13.3. The van der Waals surface area contributed by atoms with Crippen LogP contribution in [0, 0.1) is 5.82 Å². The van der Waals surface area contributed by atoms with E-state index in [-0.39, 0.29) is 10.7 Å². The highest BCUT2D eigenvalue weighted by atomic mass is 35.5. The molecule has 1 N–H and O–H groups in total. The number of hydrogen-bond acceptors (Lipinski definition) is 4. The summed E-state index contributed by atoms with van der Waals surface area (Å²) < 4.78 is 23.7. The molecular formula is C18H14ClFN2O3. The van der Waals surface area contributed by atoms with E-state index in [0.717, 1.165) is 0 Å². The van der Waals surface area contributed by atoms with Gasteiger partial charge in [-0.1, -0.05) is 11.6 Å². The summed E-state index contributed by atoms with van der Waals surface area (Å²) in [5, 5.41) is 3.32. The average Bonchev–Trinajstić information content (AvgIpc) is 2.60. The molecule has 1 aromatic heterocycles. The van der Waals surface area contributed by atoms with E-state index in [9.17, 15) is 9.18 Å². The lowest BCUT2D eigenvalue weighted by Crippen LogP contribution is -2.14. The van der Waals surface area contributed by atoms with Gasteiger partial charge in [-0.2, -0.15) is 0 Å². The molecule has 25 heavy (non-hydrogen) atoms.